The molecule has 0 spiro atoms. The molecule has 1 saturated heterocycles. The van der Waals surface area contributed by atoms with Crippen molar-refractivity contribution >= 4 is 11.6 Å². The highest BCUT2D eigenvalue weighted by atomic mass is 15.1. The van der Waals surface area contributed by atoms with Crippen molar-refractivity contribution in [3.8, 4) is 0 Å². The molecule has 1 aliphatic rings. The van der Waals surface area contributed by atoms with Gasteiger partial charge in [0.15, 0.2) is 5.96 Å². The molecule has 110 valence electrons. The Morgan fingerprint density at radius 1 is 1.30 bits per heavy atom. The van der Waals surface area contributed by atoms with Gasteiger partial charge in [-0.2, -0.15) is 0 Å². The number of nitrogens with one attached hydrogen (secondary N) is 1. The molecule has 0 unspecified atom stereocenters. The molecule has 0 bridgehead atoms. The van der Waals surface area contributed by atoms with E-state index in [0.29, 0.717) is 5.96 Å². The van der Waals surface area contributed by atoms with Crippen LogP contribution in [0.25, 0.3) is 0 Å². The van der Waals surface area contributed by atoms with E-state index in [0.717, 1.165) is 31.1 Å². The minimum absolute atomic E-state index is 0.503. The summed E-state index contributed by atoms with van der Waals surface area (Å²) >= 11 is 0. The SMILES string of the molecule is CC1CCN(CCCN=C(N)Nc2ccccc2)CC1. The Bertz CT molecular complexity index is 408. The number of nitrogens with zero attached hydrogens (tertiary/aromatic N) is 2. The van der Waals surface area contributed by atoms with Crippen LogP contribution in [0.5, 0.6) is 0 Å². The van der Waals surface area contributed by atoms with Crippen molar-refractivity contribution in [2.75, 3.05) is 31.5 Å². The van der Waals surface area contributed by atoms with E-state index in [4.69, 9.17) is 5.73 Å². The molecular formula is C16H26N4. The summed E-state index contributed by atoms with van der Waals surface area (Å²) in [5, 5.41) is 3.10. The van der Waals surface area contributed by atoms with Crippen LogP contribution >= 0.6 is 0 Å². The number of piperidine rings is 1. The van der Waals surface area contributed by atoms with Crippen molar-refractivity contribution in [2.45, 2.75) is 26.2 Å². The lowest BCUT2D eigenvalue weighted by Gasteiger charge is -2.29. The third kappa shape index (κ3) is 5.21. The number of rotatable bonds is 5. The van der Waals surface area contributed by atoms with Gasteiger partial charge in [-0.15, -0.1) is 0 Å². The number of benzene rings is 1. The van der Waals surface area contributed by atoms with Gasteiger partial charge in [0.1, 0.15) is 0 Å². The minimum atomic E-state index is 0.503. The molecule has 4 heteroatoms. The number of likely N-dealkylation sites (tertiary alicyclic amines) is 1. The van der Waals surface area contributed by atoms with Crippen molar-refractivity contribution in [1.29, 1.82) is 0 Å². The quantitative estimate of drug-likeness (QED) is 0.493. The zero-order chi connectivity index (χ0) is 14.2. The van der Waals surface area contributed by atoms with Gasteiger partial charge in [-0.3, -0.25) is 4.99 Å². The highest BCUT2D eigenvalue weighted by Gasteiger charge is 2.14. The van der Waals surface area contributed by atoms with Gasteiger partial charge in [-0.05, 0) is 56.9 Å². The molecule has 0 amide bonds. The van der Waals surface area contributed by atoms with E-state index in [9.17, 15) is 0 Å². The maximum absolute atomic E-state index is 5.87. The maximum atomic E-state index is 5.87. The summed E-state index contributed by atoms with van der Waals surface area (Å²) in [6.07, 6.45) is 3.74. The molecule has 0 saturated carbocycles. The summed E-state index contributed by atoms with van der Waals surface area (Å²) < 4.78 is 0. The number of hydrogen-bond donors (Lipinski definition) is 2. The molecular weight excluding hydrogens is 248 g/mol. The first kappa shape index (κ1) is 14.9. The van der Waals surface area contributed by atoms with Gasteiger partial charge in [0.05, 0.1) is 0 Å². The van der Waals surface area contributed by atoms with Crippen LogP contribution in [-0.4, -0.2) is 37.0 Å². The molecule has 0 aromatic heterocycles. The van der Waals surface area contributed by atoms with E-state index < -0.39 is 0 Å². The molecule has 1 aromatic rings. The molecule has 2 rings (SSSR count). The number of guanidine groups is 1. The van der Waals surface area contributed by atoms with Crippen molar-refractivity contribution in [3.05, 3.63) is 30.3 Å². The van der Waals surface area contributed by atoms with Crippen LogP contribution in [0.15, 0.2) is 35.3 Å². The Hall–Kier alpha value is -1.55. The second-order valence-electron chi connectivity index (χ2n) is 5.64. The Morgan fingerprint density at radius 2 is 2.00 bits per heavy atom. The van der Waals surface area contributed by atoms with Crippen molar-refractivity contribution in [2.24, 2.45) is 16.6 Å². The van der Waals surface area contributed by atoms with Crippen LogP contribution in [0.4, 0.5) is 5.69 Å². The van der Waals surface area contributed by atoms with E-state index in [2.05, 4.69) is 22.1 Å². The molecule has 20 heavy (non-hydrogen) atoms. The number of hydrogen-bond acceptors (Lipinski definition) is 2. The Morgan fingerprint density at radius 3 is 2.70 bits per heavy atom. The zero-order valence-corrected chi connectivity index (χ0v) is 12.4. The lowest BCUT2D eigenvalue weighted by Crippen LogP contribution is -2.34. The van der Waals surface area contributed by atoms with Crippen molar-refractivity contribution in [3.63, 3.8) is 0 Å². The van der Waals surface area contributed by atoms with Crippen LogP contribution < -0.4 is 11.1 Å². The number of nitrogens with two attached hydrogens (primary N) is 1. The topological polar surface area (TPSA) is 53.6 Å². The average Bonchev–Trinajstić information content (AvgIpc) is 2.46. The number of anilines is 1. The first-order valence-corrected chi connectivity index (χ1v) is 7.58. The Kier molecular flexibility index (Phi) is 5.87. The second-order valence-corrected chi connectivity index (χ2v) is 5.64. The number of para-hydroxylation sites is 1. The summed E-state index contributed by atoms with van der Waals surface area (Å²) in [7, 11) is 0. The predicted octanol–water partition coefficient (Wildman–Crippen LogP) is 2.54. The standard InChI is InChI=1S/C16H26N4/c1-14-8-12-20(13-9-14)11-5-10-18-16(17)19-15-6-3-2-4-7-15/h2-4,6-7,14H,5,8-13H2,1H3,(H3,17,18,19). The number of aliphatic imine (C=N–C) groups is 1. The first-order chi connectivity index (χ1) is 9.74. The van der Waals surface area contributed by atoms with Crippen molar-refractivity contribution < 1.29 is 0 Å². The lowest BCUT2D eigenvalue weighted by atomic mass is 9.99. The third-order valence-corrected chi connectivity index (χ3v) is 3.84. The molecule has 4 nitrogen and oxygen atoms in total. The van der Waals surface area contributed by atoms with Crippen molar-refractivity contribution in [1.82, 2.24) is 4.90 Å². The average molecular weight is 274 g/mol. The van der Waals surface area contributed by atoms with Gasteiger partial charge in [0.25, 0.3) is 0 Å². The predicted molar refractivity (Wildman–Crippen MR) is 86.0 cm³/mol. The molecule has 1 aromatic carbocycles. The van der Waals surface area contributed by atoms with E-state index in [-0.39, 0.29) is 0 Å². The van der Waals surface area contributed by atoms with E-state index in [1.807, 2.05) is 30.3 Å². The summed E-state index contributed by atoms with van der Waals surface area (Å²) in [4.78, 5) is 6.91. The summed E-state index contributed by atoms with van der Waals surface area (Å²) in [6, 6.07) is 9.91. The van der Waals surface area contributed by atoms with Crippen LogP contribution in [0.2, 0.25) is 0 Å². The van der Waals surface area contributed by atoms with Gasteiger partial charge < -0.3 is 16.0 Å². The molecule has 1 aliphatic heterocycles. The summed E-state index contributed by atoms with van der Waals surface area (Å²) in [6.45, 7) is 6.75. The molecule has 0 radical (unpaired) electrons. The monoisotopic (exact) mass is 274 g/mol. The molecule has 3 N–H and O–H groups in total. The van der Waals surface area contributed by atoms with E-state index in [1.54, 1.807) is 0 Å². The van der Waals surface area contributed by atoms with Gasteiger partial charge in [0, 0.05) is 12.2 Å². The highest BCUT2D eigenvalue weighted by molar-refractivity contribution is 5.92. The van der Waals surface area contributed by atoms with Crippen LogP contribution in [0.1, 0.15) is 26.2 Å². The molecule has 1 fully saturated rings. The Balaban J connectivity index is 1.63. The normalized spacial score (nSPS) is 18.1. The van der Waals surface area contributed by atoms with Gasteiger partial charge in [-0.25, -0.2) is 0 Å². The van der Waals surface area contributed by atoms with Crippen LogP contribution in [0.3, 0.4) is 0 Å². The fraction of sp³-hybridized carbons (Fsp3) is 0.562. The maximum Gasteiger partial charge on any atom is 0.193 e. The largest absolute Gasteiger partial charge is 0.370 e. The van der Waals surface area contributed by atoms with Gasteiger partial charge in [0.2, 0.25) is 0 Å². The van der Waals surface area contributed by atoms with Gasteiger partial charge >= 0.3 is 0 Å². The van der Waals surface area contributed by atoms with Gasteiger partial charge in [-0.1, -0.05) is 25.1 Å². The van der Waals surface area contributed by atoms with Crippen LogP contribution in [-0.2, 0) is 0 Å². The highest BCUT2D eigenvalue weighted by Crippen LogP contribution is 2.15. The summed E-state index contributed by atoms with van der Waals surface area (Å²) in [5.74, 6) is 1.40. The Labute approximate surface area is 122 Å². The second kappa shape index (κ2) is 7.90. The fourth-order valence-electron chi connectivity index (χ4n) is 2.49. The smallest absolute Gasteiger partial charge is 0.193 e. The van der Waals surface area contributed by atoms with E-state index in [1.165, 1.54) is 25.9 Å². The molecule has 0 atom stereocenters. The minimum Gasteiger partial charge on any atom is -0.370 e. The van der Waals surface area contributed by atoms with E-state index >= 15 is 0 Å². The zero-order valence-electron chi connectivity index (χ0n) is 12.4. The third-order valence-electron chi connectivity index (χ3n) is 3.84. The lowest BCUT2D eigenvalue weighted by molar-refractivity contribution is 0.192. The molecule has 0 aliphatic carbocycles. The summed E-state index contributed by atoms with van der Waals surface area (Å²) in [5.41, 5.74) is 6.85. The molecule has 1 heterocycles. The van der Waals surface area contributed by atoms with Crippen LogP contribution in [0, 0.1) is 5.92 Å². The first-order valence-electron chi connectivity index (χ1n) is 7.58. The fourth-order valence-corrected chi connectivity index (χ4v) is 2.49.